The van der Waals surface area contributed by atoms with Crippen LogP contribution in [-0.2, 0) is 32.7 Å². The zero-order valence-electron chi connectivity index (χ0n) is 59.8. The Kier molecular flexibility index (Phi) is 73.9. The topological polar surface area (TPSA) is 134 Å². The Morgan fingerprint density at radius 1 is 0.341 bits per heavy atom. The summed E-state index contributed by atoms with van der Waals surface area (Å²) in [5.74, 6) is -0.819. The van der Waals surface area contributed by atoms with Gasteiger partial charge in [-0.15, -0.1) is 0 Å². The van der Waals surface area contributed by atoms with Crippen LogP contribution in [0.25, 0.3) is 0 Å². The molecule has 91 heavy (non-hydrogen) atoms. The third-order valence-corrected chi connectivity index (χ3v) is 18.2. The Morgan fingerprint density at radius 3 is 0.912 bits per heavy atom. The van der Waals surface area contributed by atoms with E-state index in [1.807, 2.05) is 0 Å². The van der Waals surface area contributed by atoms with Gasteiger partial charge in [0.25, 0.3) is 0 Å². The molecule has 0 heterocycles. The number of carbonyl (C=O) groups is 2. The fourth-order valence-corrected chi connectivity index (χ4v) is 12.3. The molecule has 0 aromatic rings. The van der Waals surface area contributed by atoms with E-state index in [2.05, 4.69) is 98.9 Å². The zero-order valence-corrected chi connectivity index (χ0v) is 60.7. The Balaban J connectivity index is 3.77. The van der Waals surface area contributed by atoms with Gasteiger partial charge in [-0.2, -0.15) is 0 Å². The van der Waals surface area contributed by atoms with E-state index >= 15 is 0 Å². The standard InChI is InChI=1S/C81H148NO8P/c1-3-5-7-9-11-13-15-17-19-21-23-25-27-29-31-33-34-35-36-37-38-39-40-41-42-43-44-46-47-49-51-53-55-57-59-61-63-65-67-69-71-73-80(83)87-77-79(78-89-91(85,86)88-76-75-82)90-81(84)74-72-70-68-66-64-62-60-58-56-54-52-50-48-45-32-30-28-26-24-22-20-18-16-14-12-10-8-6-4-2/h6,8,12,14,18,20-21,23-24,26,30,32,48,50,79H,3-5,7,9-11,13,15-17,19,22,25,27-29,31,33-47,49,51-78,82H2,1-2H3,(H,85,86)/b8-6-,14-12-,20-18-,23-21-,26-24-,32-30-,50-48-. The molecule has 2 atom stereocenters. The first-order chi connectivity index (χ1) is 44.8. The van der Waals surface area contributed by atoms with Gasteiger partial charge in [0.2, 0.25) is 0 Å². The van der Waals surface area contributed by atoms with Crippen molar-refractivity contribution in [2.24, 2.45) is 5.73 Å². The lowest BCUT2D eigenvalue weighted by atomic mass is 10.0. The van der Waals surface area contributed by atoms with Crippen LogP contribution in [0.2, 0.25) is 0 Å². The highest BCUT2D eigenvalue weighted by atomic mass is 31.2. The summed E-state index contributed by atoms with van der Waals surface area (Å²) in [6, 6.07) is 0. The van der Waals surface area contributed by atoms with Crippen molar-refractivity contribution in [3.05, 3.63) is 85.1 Å². The predicted molar refractivity (Wildman–Crippen MR) is 395 cm³/mol. The summed E-state index contributed by atoms with van der Waals surface area (Å²) in [6.07, 6.45) is 103. The second-order valence-corrected chi connectivity index (χ2v) is 27.7. The number of carbonyl (C=O) groups excluding carboxylic acids is 2. The monoisotopic (exact) mass is 1290 g/mol. The molecule has 3 N–H and O–H groups in total. The average molecular weight is 1300 g/mol. The first-order valence-corrected chi connectivity index (χ1v) is 40.6. The molecule has 0 aromatic heterocycles. The van der Waals surface area contributed by atoms with Crippen molar-refractivity contribution in [3.63, 3.8) is 0 Å². The van der Waals surface area contributed by atoms with Crippen LogP contribution in [0.1, 0.15) is 386 Å². The van der Waals surface area contributed by atoms with Gasteiger partial charge in [0, 0.05) is 19.4 Å². The largest absolute Gasteiger partial charge is 0.472 e. The smallest absolute Gasteiger partial charge is 0.462 e. The van der Waals surface area contributed by atoms with Crippen molar-refractivity contribution >= 4 is 19.8 Å². The molecule has 2 unspecified atom stereocenters. The molecule has 530 valence electrons. The molecule has 0 aliphatic heterocycles. The highest BCUT2D eigenvalue weighted by Gasteiger charge is 2.26. The Bertz CT molecular complexity index is 1770. The zero-order chi connectivity index (χ0) is 65.8. The summed E-state index contributed by atoms with van der Waals surface area (Å²) in [5, 5.41) is 0. The average Bonchev–Trinajstić information content (AvgIpc) is 3.68. The van der Waals surface area contributed by atoms with E-state index in [-0.39, 0.29) is 38.6 Å². The fourth-order valence-electron chi connectivity index (χ4n) is 11.5. The maximum Gasteiger partial charge on any atom is 0.472 e. The molecule has 0 aromatic carbocycles. The van der Waals surface area contributed by atoms with E-state index in [1.54, 1.807) is 0 Å². The number of nitrogens with two attached hydrogens (primary N) is 1. The van der Waals surface area contributed by atoms with Crippen LogP contribution in [0.5, 0.6) is 0 Å². The number of hydrogen-bond donors (Lipinski definition) is 2. The normalized spacial score (nSPS) is 13.3. The van der Waals surface area contributed by atoms with Crippen LogP contribution in [0.15, 0.2) is 85.1 Å². The molecule has 0 saturated carbocycles. The minimum absolute atomic E-state index is 0.0511. The lowest BCUT2D eigenvalue weighted by molar-refractivity contribution is -0.161. The molecular formula is C81H148NO8P. The first kappa shape index (κ1) is 88.2. The number of hydrogen-bond acceptors (Lipinski definition) is 8. The molecule has 0 aliphatic rings. The molecule has 0 bridgehead atoms. The number of allylic oxidation sites excluding steroid dienone is 14. The van der Waals surface area contributed by atoms with Crippen LogP contribution < -0.4 is 5.73 Å². The van der Waals surface area contributed by atoms with E-state index in [0.717, 1.165) is 83.5 Å². The molecular weight excluding hydrogens is 1150 g/mol. The minimum Gasteiger partial charge on any atom is -0.462 e. The third kappa shape index (κ3) is 76.1. The number of phosphoric acid groups is 1. The predicted octanol–water partition coefficient (Wildman–Crippen LogP) is 26.1. The highest BCUT2D eigenvalue weighted by Crippen LogP contribution is 2.43. The summed E-state index contributed by atoms with van der Waals surface area (Å²) < 4.78 is 33.2. The molecule has 0 spiro atoms. The number of rotatable bonds is 74. The number of esters is 2. The molecule has 0 aliphatic carbocycles. The van der Waals surface area contributed by atoms with Crippen molar-refractivity contribution < 1.29 is 37.6 Å². The summed E-state index contributed by atoms with van der Waals surface area (Å²) in [5.41, 5.74) is 5.41. The van der Waals surface area contributed by atoms with E-state index in [0.29, 0.717) is 6.42 Å². The number of phosphoric ester groups is 1. The lowest BCUT2D eigenvalue weighted by Gasteiger charge is -2.19. The van der Waals surface area contributed by atoms with E-state index < -0.39 is 26.5 Å². The summed E-state index contributed by atoms with van der Waals surface area (Å²) in [6.45, 7) is 3.68. The summed E-state index contributed by atoms with van der Waals surface area (Å²) in [4.78, 5) is 35.4. The van der Waals surface area contributed by atoms with Crippen LogP contribution >= 0.6 is 7.82 Å². The van der Waals surface area contributed by atoms with E-state index in [1.165, 1.54) is 270 Å². The van der Waals surface area contributed by atoms with Gasteiger partial charge in [-0.3, -0.25) is 18.6 Å². The van der Waals surface area contributed by atoms with E-state index in [9.17, 15) is 19.0 Å². The number of ether oxygens (including phenoxy) is 2. The van der Waals surface area contributed by atoms with Gasteiger partial charge >= 0.3 is 19.8 Å². The molecule has 9 nitrogen and oxygen atoms in total. The second-order valence-electron chi connectivity index (χ2n) is 26.2. The Labute approximate surface area is 564 Å². The van der Waals surface area contributed by atoms with Gasteiger partial charge in [0.1, 0.15) is 6.61 Å². The van der Waals surface area contributed by atoms with Gasteiger partial charge in [0.15, 0.2) is 6.10 Å². The van der Waals surface area contributed by atoms with Crippen molar-refractivity contribution in [3.8, 4) is 0 Å². The van der Waals surface area contributed by atoms with Gasteiger partial charge < -0.3 is 20.1 Å². The van der Waals surface area contributed by atoms with Crippen molar-refractivity contribution in [2.75, 3.05) is 26.4 Å². The Hall–Kier alpha value is -2.81. The molecule has 10 heteroatoms. The lowest BCUT2D eigenvalue weighted by Crippen LogP contribution is -2.29. The molecule has 0 saturated heterocycles. The summed E-state index contributed by atoms with van der Waals surface area (Å²) >= 11 is 0. The van der Waals surface area contributed by atoms with Gasteiger partial charge in [-0.1, -0.05) is 369 Å². The van der Waals surface area contributed by atoms with Crippen LogP contribution in [0, 0.1) is 0 Å². The van der Waals surface area contributed by atoms with Gasteiger partial charge in [-0.25, -0.2) is 4.57 Å². The minimum atomic E-state index is -4.40. The quantitative estimate of drug-likeness (QED) is 0.0264. The van der Waals surface area contributed by atoms with Crippen molar-refractivity contribution in [1.82, 2.24) is 0 Å². The van der Waals surface area contributed by atoms with Crippen molar-refractivity contribution in [1.29, 1.82) is 0 Å². The fraction of sp³-hybridized carbons (Fsp3) is 0.802. The SMILES string of the molecule is CC/C=C\C/C=C\C/C=C\C/C=C\C/C=C\C/C=C\CCCCCCCCCCCCC(=O)OC(COC(=O)CCCCCCCCCCCCCCCCCCCCCCCCCCCCCCC/C=C\CCCCCCCCCC)COP(=O)(O)OCCN. The molecule has 0 rings (SSSR count). The van der Waals surface area contributed by atoms with Crippen LogP contribution in [-0.4, -0.2) is 49.3 Å². The van der Waals surface area contributed by atoms with Gasteiger partial charge in [0.05, 0.1) is 13.2 Å². The first-order valence-electron chi connectivity index (χ1n) is 39.1. The molecule has 0 fully saturated rings. The maximum atomic E-state index is 12.8. The molecule has 0 radical (unpaired) electrons. The van der Waals surface area contributed by atoms with E-state index in [4.69, 9.17) is 24.3 Å². The van der Waals surface area contributed by atoms with Crippen LogP contribution in [0.4, 0.5) is 0 Å². The highest BCUT2D eigenvalue weighted by molar-refractivity contribution is 7.47. The molecule has 0 amide bonds. The van der Waals surface area contributed by atoms with Crippen molar-refractivity contribution in [2.45, 2.75) is 392 Å². The maximum absolute atomic E-state index is 12.8. The number of unbranched alkanes of at least 4 members (excludes halogenated alkanes) is 47. The van der Waals surface area contributed by atoms with Gasteiger partial charge in [-0.05, 0) is 89.9 Å². The third-order valence-electron chi connectivity index (χ3n) is 17.3. The Morgan fingerprint density at radius 2 is 0.604 bits per heavy atom. The summed E-state index contributed by atoms with van der Waals surface area (Å²) in [7, 11) is -4.40. The van der Waals surface area contributed by atoms with Crippen LogP contribution in [0.3, 0.4) is 0 Å². The second kappa shape index (κ2) is 76.2.